The smallest absolute Gasteiger partial charge is 0.333 e. The molecule has 10 heteroatoms. The summed E-state index contributed by atoms with van der Waals surface area (Å²) in [5, 5.41) is 13.4. The Hall–Kier alpha value is -3.79. The Labute approximate surface area is 194 Å². The van der Waals surface area contributed by atoms with Gasteiger partial charge in [-0.25, -0.2) is 9.79 Å². The highest BCUT2D eigenvalue weighted by Gasteiger charge is 2.21. The zero-order chi connectivity index (χ0) is 24.0. The number of para-hydroxylation sites is 1. The maximum atomic E-state index is 12.8. The number of thioether (sulfide) groups is 1. The van der Waals surface area contributed by atoms with Crippen LogP contribution in [0.25, 0.3) is 0 Å². The second kappa shape index (κ2) is 10.7. The van der Waals surface area contributed by atoms with Crippen molar-refractivity contribution in [2.45, 2.75) is 6.92 Å². The molecule has 2 aromatic carbocycles. The molecule has 1 heterocycles. The number of benzene rings is 2. The van der Waals surface area contributed by atoms with Crippen LogP contribution in [0.3, 0.4) is 0 Å². The van der Waals surface area contributed by atoms with Gasteiger partial charge in [-0.1, -0.05) is 30.0 Å². The number of nitrogens with one attached hydrogen (secondary N) is 1. The van der Waals surface area contributed by atoms with Gasteiger partial charge in [0, 0.05) is 19.8 Å². The quantitative estimate of drug-likeness (QED) is 0.407. The van der Waals surface area contributed by atoms with Gasteiger partial charge in [-0.05, 0) is 43.3 Å². The van der Waals surface area contributed by atoms with Gasteiger partial charge in [-0.2, -0.15) is 0 Å². The monoisotopic (exact) mass is 468 g/mol. The third-order valence-corrected chi connectivity index (χ3v) is 5.60. The first-order valence-corrected chi connectivity index (χ1v) is 11.1. The van der Waals surface area contributed by atoms with Gasteiger partial charge in [0.1, 0.15) is 16.4 Å². The molecule has 0 atom stereocenters. The normalized spacial score (nSPS) is 11.3. The minimum Gasteiger partial charge on any atom is -0.494 e. The Kier molecular flexibility index (Phi) is 7.73. The predicted octanol–water partition coefficient (Wildman–Crippen LogP) is 2.64. The standard InChI is InChI=1S/C23H24N4O5S/c1-4-32-17-12-10-16(11-13-17)24-18(28)14-33-20(25-15-8-6-5-7-9-15)19-21(29)26(2)23(31)27(3)22(19)30/h5-13,29H,4,14H2,1-3H3,(H,24,28). The Morgan fingerprint density at radius 3 is 2.36 bits per heavy atom. The molecule has 0 aliphatic rings. The molecule has 0 aliphatic heterocycles. The molecular formula is C23H24N4O5S. The molecule has 3 aromatic rings. The van der Waals surface area contributed by atoms with E-state index in [9.17, 15) is 19.5 Å². The van der Waals surface area contributed by atoms with Gasteiger partial charge in [0.25, 0.3) is 5.56 Å². The third-order valence-electron chi connectivity index (χ3n) is 4.62. The molecule has 2 N–H and O–H groups in total. The van der Waals surface area contributed by atoms with Gasteiger partial charge < -0.3 is 15.2 Å². The van der Waals surface area contributed by atoms with E-state index in [0.717, 1.165) is 20.9 Å². The zero-order valence-electron chi connectivity index (χ0n) is 18.4. The molecule has 33 heavy (non-hydrogen) atoms. The fraction of sp³-hybridized carbons (Fsp3) is 0.217. The largest absolute Gasteiger partial charge is 0.494 e. The van der Waals surface area contributed by atoms with Crippen molar-refractivity contribution in [3.05, 3.63) is 81.0 Å². The van der Waals surface area contributed by atoms with E-state index in [0.29, 0.717) is 23.7 Å². The lowest BCUT2D eigenvalue weighted by Crippen LogP contribution is -2.39. The second-order valence-electron chi connectivity index (χ2n) is 6.95. The Morgan fingerprint density at radius 2 is 1.73 bits per heavy atom. The van der Waals surface area contributed by atoms with Gasteiger partial charge >= 0.3 is 5.69 Å². The SMILES string of the molecule is CCOc1ccc(NC(=O)CSC(=Nc2ccccc2)c2c(O)n(C)c(=O)n(C)c2=O)cc1. The molecule has 0 fully saturated rings. The van der Waals surface area contributed by atoms with Gasteiger partial charge in [-0.15, -0.1) is 0 Å². The first kappa shape index (κ1) is 23.9. The molecule has 9 nitrogen and oxygen atoms in total. The van der Waals surface area contributed by atoms with Crippen LogP contribution in [-0.4, -0.2) is 37.6 Å². The lowest BCUT2D eigenvalue weighted by Gasteiger charge is -2.12. The highest BCUT2D eigenvalue weighted by atomic mass is 32.2. The van der Waals surface area contributed by atoms with Crippen molar-refractivity contribution in [1.29, 1.82) is 0 Å². The van der Waals surface area contributed by atoms with Crippen LogP contribution in [-0.2, 0) is 18.9 Å². The van der Waals surface area contributed by atoms with Crippen LogP contribution >= 0.6 is 11.8 Å². The predicted molar refractivity (Wildman–Crippen MR) is 130 cm³/mol. The molecular weight excluding hydrogens is 444 g/mol. The van der Waals surface area contributed by atoms with E-state index >= 15 is 0 Å². The summed E-state index contributed by atoms with van der Waals surface area (Å²) in [6.07, 6.45) is 0. The van der Waals surface area contributed by atoms with Crippen molar-refractivity contribution in [2.24, 2.45) is 19.1 Å². The number of carbonyl (C=O) groups excluding carboxylic acids is 1. The highest BCUT2D eigenvalue weighted by molar-refractivity contribution is 8.15. The van der Waals surface area contributed by atoms with Crippen molar-refractivity contribution in [1.82, 2.24) is 9.13 Å². The van der Waals surface area contributed by atoms with E-state index in [-0.39, 0.29) is 22.3 Å². The van der Waals surface area contributed by atoms with Crippen LogP contribution in [0.4, 0.5) is 11.4 Å². The summed E-state index contributed by atoms with van der Waals surface area (Å²) in [6, 6.07) is 15.8. The number of ether oxygens (including phenoxy) is 1. The molecule has 0 saturated carbocycles. The first-order chi connectivity index (χ1) is 15.8. The minimum atomic E-state index is -0.704. The zero-order valence-corrected chi connectivity index (χ0v) is 19.3. The molecule has 0 radical (unpaired) electrons. The Bertz CT molecular complexity index is 1280. The first-order valence-electron chi connectivity index (χ1n) is 10.1. The number of aliphatic imine (C=N–C) groups is 1. The number of carbonyl (C=O) groups is 1. The van der Waals surface area contributed by atoms with Crippen molar-refractivity contribution in [3.63, 3.8) is 0 Å². The number of anilines is 1. The summed E-state index contributed by atoms with van der Waals surface area (Å²) in [5.74, 6) is -0.226. The number of aromatic hydroxyl groups is 1. The fourth-order valence-electron chi connectivity index (χ4n) is 2.93. The van der Waals surface area contributed by atoms with Crippen LogP contribution in [0.1, 0.15) is 12.5 Å². The summed E-state index contributed by atoms with van der Waals surface area (Å²) in [4.78, 5) is 41.9. The van der Waals surface area contributed by atoms with Crippen molar-refractivity contribution in [2.75, 3.05) is 17.7 Å². The van der Waals surface area contributed by atoms with E-state index in [1.807, 2.05) is 13.0 Å². The average molecular weight is 469 g/mol. The van der Waals surface area contributed by atoms with E-state index in [4.69, 9.17) is 4.74 Å². The van der Waals surface area contributed by atoms with E-state index in [1.54, 1.807) is 48.5 Å². The van der Waals surface area contributed by atoms with Crippen LogP contribution in [0.15, 0.2) is 69.2 Å². The highest BCUT2D eigenvalue weighted by Crippen LogP contribution is 2.23. The molecule has 1 aromatic heterocycles. The molecule has 1 amide bonds. The van der Waals surface area contributed by atoms with E-state index < -0.39 is 17.1 Å². The van der Waals surface area contributed by atoms with E-state index in [1.165, 1.54) is 14.1 Å². The number of nitrogens with zero attached hydrogens (tertiary/aromatic N) is 3. The Morgan fingerprint density at radius 1 is 1.06 bits per heavy atom. The molecule has 0 unspecified atom stereocenters. The van der Waals surface area contributed by atoms with Crippen molar-refractivity contribution in [3.8, 4) is 11.6 Å². The summed E-state index contributed by atoms with van der Waals surface area (Å²) in [7, 11) is 2.67. The number of hydrogen-bond donors (Lipinski definition) is 2. The summed E-state index contributed by atoms with van der Waals surface area (Å²) in [5.41, 5.74) is -0.403. The molecule has 3 rings (SSSR count). The second-order valence-corrected chi connectivity index (χ2v) is 7.92. The van der Waals surface area contributed by atoms with Gasteiger partial charge in [0.15, 0.2) is 0 Å². The number of amides is 1. The molecule has 0 spiro atoms. The molecule has 172 valence electrons. The lowest BCUT2D eigenvalue weighted by molar-refractivity contribution is -0.113. The van der Waals surface area contributed by atoms with Gasteiger partial charge in [0.2, 0.25) is 11.8 Å². The summed E-state index contributed by atoms with van der Waals surface area (Å²) >= 11 is 0.984. The average Bonchev–Trinajstić information content (AvgIpc) is 2.82. The van der Waals surface area contributed by atoms with Crippen LogP contribution in [0.2, 0.25) is 0 Å². The van der Waals surface area contributed by atoms with Crippen LogP contribution in [0, 0.1) is 0 Å². The van der Waals surface area contributed by atoms with Crippen LogP contribution < -0.4 is 21.3 Å². The third kappa shape index (κ3) is 5.72. The molecule has 0 bridgehead atoms. The fourth-order valence-corrected chi connectivity index (χ4v) is 3.77. The van der Waals surface area contributed by atoms with Crippen LogP contribution in [0.5, 0.6) is 11.6 Å². The number of aromatic nitrogens is 2. The molecule has 0 aliphatic carbocycles. The van der Waals surface area contributed by atoms with Crippen molar-refractivity contribution >= 4 is 34.1 Å². The lowest BCUT2D eigenvalue weighted by atomic mass is 10.3. The van der Waals surface area contributed by atoms with Gasteiger partial charge in [-0.3, -0.25) is 18.7 Å². The van der Waals surface area contributed by atoms with E-state index in [2.05, 4.69) is 10.3 Å². The molecule has 0 saturated heterocycles. The minimum absolute atomic E-state index is 0.0791. The topological polar surface area (TPSA) is 115 Å². The summed E-state index contributed by atoms with van der Waals surface area (Å²) in [6.45, 7) is 2.43. The number of hydrogen-bond acceptors (Lipinski definition) is 7. The number of rotatable bonds is 7. The maximum absolute atomic E-state index is 12.8. The van der Waals surface area contributed by atoms with Crippen molar-refractivity contribution < 1.29 is 14.6 Å². The summed E-state index contributed by atoms with van der Waals surface area (Å²) < 4.78 is 7.23. The maximum Gasteiger partial charge on any atom is 0.333 e. The van der Waals surface area contributed by atoms with Gasteiger partial charge in [0.05, 0.1) is 18.0 Å². The Balaban J connectivity index is 1.88.